The highest BCUT2D eigenvalue weighted by Gasteiger charge is 2.09. The van der Waals surface area contributed by atoms with Crippen molar-refractivity contribution in [3.8, 4) is 0 Å². The molecule has 1 aromatic heterocycles. The summed E-state index contributed by atoms with van der Waals surface area (Å²) < 4.78 is 0. The van der Waals surface area contributed by atoms with Crippen LogP contribution < -0.4 is 5.32 Å². The molecule has 1 atom stereocenters. The van der Waals surface area contributed by atoms with Gasteiger partial charge in [-0.1, -0.05) is 27.7 Å². The minimum Gasteiger partial charge on any atom is -0.370 e. The second-order valence-electron chi connectivity index (χ2n) is 4.19. The van der Waals surface area contributed by atoms with Gasteiger partial charge in [0.05, 0.1) is 0 Å². The van der Waals surface area contributed by atoms with E-state index in [2.05, 4.69) is 49.0 Å². The number of hydrogen-bond donors (Lipinski definition) is 1. The van der Waals surface area contributed by atoms with Gasteiger partial charge in [0, 0.05) is 24.2 Å². The fraction of sp³-hybridized carbons (Fsp3) is 0.692. The Labute approximate surface area is 98.7 Å². The van der Waals surface area contributed by atoms with Crippen LogP contribution in [-0.4, -0.2) is 16.5 Å². The highest BCUT2D eigenvalue weighted by molar-refractivity contribution is 5.36. The topological polar surface area (TPSA) is 37.8 Å². The van der Waals surface area contributed by atoms with E-state index in [1.165, 1.54) is 0 Å². The van der Waals surface area contributed by atoms with Gasteiger partial charge >= 0.3 is 0 Å². The third kappa shape index (κ3) is 3.47. The van der Waals surface area contributed by atoms with Crippen LogP contribution >= 0.6 is 0 Å². The second-order valence-corrected chi connectivity index (χ2v) is 4.19. The largest absolute Gasteiger partial charge is 0.370 e. The van der Waals surface area contributed by atoms with Gasteiger partial charge in [-0.15, -0.1) is 0 Å². The summed E-state index contributed by atoms with van der Waals surface area (Å²) in [6, 6.07) is 2.06. The maximum atomic E-state index is 4.58. The maximum absolute atomic E-state index is 4.58. The SMILES string of the molecule is CCCNc1cc(CC)nc(C(C)CC)n1. The minimum absolute atomic E-state index is 0.439. The Bertz CT molecular complexity index is 323. The van der Waals surface area contributed by atoms with Crippen LogP contribution in [0.1, 0.15) is 58.0 Å². The third-order valence-electron chi connectivity index (χ3n) is 2.77. The first kappa shape index (κ1) is 12.9. The molecule has 1 heterocycles. The van der Waals surface area contributed by atoms with Crippen molar-refractivity contribution < 1.29 is 0 Å². The van der Waals surface area contributed by atoms with Crippen molar-refractivity contribution in [3.05, 3.63) is 17.6 Å². The lowest BCUT2D eigenvalue weighted by Crippen LogP contribution is -2.08. The zero-order chi connectivity index (χ0) is 12.0. The summed E-state index contributed by atoms with van der Waals surface area (Å²) in [7, 11) is 0. The molecular formula is C13H23N3. The van der Waals surface area contributed by atoms with Gasteiger partial charge in [0.1, 0.15) is 11.6 Å². The van der Waals surface area contributed by atoms with Gasteiger partial charge in [-0.05, 0) is 19.3 Å². The van der Waals surface area contributed by atoms with Gasteiger partial charge in [-0.25, -0.2) is 9.97 Å². The molecule has 0 amide bonds. The summed E-state index contributed by atoms with van der Waals surface area (Å²) in [4.78, 5) is 9.15. The van der Waals surface area contributed by atoms with Gasteiger partial charge in [-0.3, -0.25) is 0 Å². The number of anilines is 1. The number of hydrogen-bond acceptors (Lipinski definition) is 3. The smallest absolute Gasteiger partial charge is 0.133 e. The van der Waals surface area contributed by atoms with Crippen LogP contribution in [0.3, 0.4) is 0 Å². The van der Waals surface area contributed by atoms with Crippen molar-refractivity contribution in [2.45, 2.75) is 52.9 Å². The third-order valence-corrected chi connectivity index (χ3v) is 2.77. The normalized spacial score (nSPS) is 12.5. The molecule has 0 bridgehead atoms. The van der Waals surface area contributed by atoms with Gasteiger partial charge in [-0.2, -0.15) is 0 Å². The van der Waals surface area contributed by atoms with Crippen molar-refractivity contribution in [1.82, 2.24) is 9.97 Å². The van der Waals surface area contributed by atoms with E-state index in [0.29, 0.717) is 5.92 Å². The van der Waals surface area contributed by atoms with Crippen molar-refractivity contribution >= 4 is 5.82 Å². The Morgan fingerprint density at radius 1 is 1.25 bits per heavy atom. The van der Waals surface area contributed by atoms with Crippen LogP contribution in [-0.2, 0) is 6.42 Å². The van der Waals surface area contributed by atoms with Crippen LogP contribution in [0, 0.1) is 0 Å². The Balaban J connectivity index is 2.91. The maximum Gasteiger partial charge on any atom is 0.133 e. The Kier molecular flexibility index (Phi) is 5.23. The summed E-state index contributed by atoms with van der Waals surface area (Å²) in [5, 5.41) is 3.34. The van der Waals surface area contributed by atoms with Crippen LogP contribution in [0.25, 0.3) is 0 Å². The van der Waals surface area contributed by atoms with E-state index in [0.717, 1.165) is 43.1 Å². The molecule has 1 N–H and O–H groups in total. The molecule has 0 aliphatic carbocycles. The van der Waals surface area contributed by atoms with Crippen molar-refractivity contribution in [1.29, 1.82) is 0 Å². The van der Waals surface area contributed by atoms with Gasteiger partial charge in [0.15, 0.2) is 0 Å². The molecule has 90 valence electrons. The van der Waals surface area contributed by atoms with Crippen LogP contribution in [0.15, 0.2) is 6.07 Å². The standard InChI is InChI=1S/C13H23N3/c1-5-8-14-12-9-11(7-3)15-13(16-12)10(4)6-2/h9-10H,5-8H2,1-4H3,(H,14,15,16). The van der Waals surface area contributed by atoms with Crippen molar-refractivity contribution in [2.24, 2.45) is 0 Å². The average molecular weight is 221 g/mol. The van der Waals surface area contributed by atoms with Crippen LogP contribution in [0.5, 0.6) is 0 Å². The Morgan fingerprint density at radius 2 is 2.00 bits per heavy atom. The van der Waals surface area contributed by atoms with Crippen LogP contribution in [0.4, 0.5) is 5.82 Å². The van der Waals surface area contributed by atoms with E-state index in [9.17, 15) is 0 Å². The number of rotatable bonds is 6. The monoisotopic (exact) mass is 221 g/mol. The summed E-state index contributed by atoms with van der Waals surface area (Å²) in [6.45, 7) is 9.61. The predicted molar refractivity (Wildman–Crippen MR) is 68.9 cm³/mol. The first-order valence-electron chi connectivity index (χ1n) is 6.32. The number of aromatic nitrogens is 2. The number of nitrogens with zero attached hydrogens (tertiary/aromatic N) is 2. The zero-order valence-corrected chi connectivity index (χ0v) is 10.9. The Morgan fingerprint density at radius 3 is 2.56 bits per heavy atom. The molecule has 3 nitrogen and oxygen atoms in total. The fourth-order valence-corrected chi connectivity index (χ4v) is 1.45. The lowest BCUT2D eigenvalue weighted by atomic mass is 10.1. The fourth-order valence-electron chi connectivity index (χ4n) is 1.45. The quantitative estimate of drug-likeness (QED) is 0.800. The molecule has 0 saturated heterocycles. The Hall–Kier alpha value is -1.12. The van der Waals surface area contributed by atoms with Gasteiger partial charge in [0.25, 0.3) is 0 Å². The minimum atomic E-state index is 0.439. The van der Waals surface area contributed by atoms with E-state index in [4.69, 9.17) is 0 Å². The molecular weight excluding hydrogens is 198 g/mol. The van der Waals surface area contributed by atoms with E-state index >= 15 is 0 Å². The summed E-state index contributed by atoms with van der Waals surface area (Å²) in [5.74, 6) is 2.39. The summed E-state index contributed by atoms with van der Waals surface area (Å²) in [6.07, 6.45) is 3.16. The second kappa shape index (κ2) is 6.46. The first-order chi connectivity index (χ1) is 7.71. The van der Waals surface area contributed by atoms with E-state index in [1.54, 1.807) is 0 Å². The zero-order valence-electron chi connectivity index (χ0n) is 10.9. The molecule has 0 radical (unpaired) electrons. The summed E-state index contributed by atoms with van der Waals surface area (Å²) in [5.41, 5.74) is 1.13. The molecule has 1 aromatic rings. The molecule has 1 unspecified atom stereocenters. The number of nitrogens with one attached hydrogen (secondary N) is 1. The molecule has 3 heteroatoms. The molecule has 0 aromatic carbocycles. The molecule has 0 spiro atoms. The van der Waals surface area contributed by atoms with E-state index in [-0.39, 0.29) is 0 Å². The van der Waals surface area contributed by atoms with E-state index < -0.39 is 0 Å². The average Bonchev–Trinajstić information content (AvgIpc) is 2.34. The highest BCUT2D eigenvalue weighted by Crippen LogP contribution is 2.17. The molecule has 1 rings (SSSR count). The van der Waals surface area contributed by atoms with Gasteiger partial charge in [0.2, 0.25) is 0 Å². The molecule has 0 aliphatic heterocycles. The lowest BCUT2D eigenvalue weighted by Gasteiger charge is -2.12. The van der Waals surface area contributed by atoms with Crippen molar-refractivity contribution in [3.63, 3.8) is 0 Å². The lowest BCUT2D eigenvalue weighted by molar-refractivity contribution is 0.672. The number of aryl methyl sites for hydroxylation is 1. The molecule has 16 heavy (non-hydrogen) atoms. The molecule has 0 saturated carbocycles. The first-order valence-corrected chi connectivity index (χ1v) is 6.32. The molecule has 0 aliphatic rings. The van der Waals surface area contributed by atoms with Crippen LogP contribution in [0.2, 0.25) is 0 Å². The predicted octanol–water partition coefficient (Wildman–Crippen LogP) is 3.37. The summed E-state index contributed by atoms with van der Waals surface area (Å²) >= 11 is 0. The van der Waals surface area contributed by atoms with Crippen molar-refractivity contribution in [2.75, 3.05) is 11.9 Å². The highest BCUT2D eigenvalue weighted by atomic mass is 15.0. The van der Waals surface area contributed by atoms with E-state index in [1.807, 2.05) is 0 Å². The molecule has 0 fully saturated rings. The van der Waals surface area contributed by atoms with Gasteiger partial charge < -0.3 is 5.32 Å².